The van der Waals surface area contributed by atoms with Crippen molar-refractivity contribution in [2.45, 2.75) is 6.92 Å². The molecule has 2 aromatic rings. The number of nitrogens with zero attached hydrogens (tertiary/aromatic N) is 1. The lowest BCUT2D eigenvalue weighted by molar-refractivity contribution is 0.101. The number of anilines is 1. The van der Waals surface area contributed by atoms with Crippen LogP contribution in [-0.4, -0.2) is 5.78 Å². The molecule has 0 aliphatic carbocycles. The zero-order valence-corrected chi connectivity index (χ0v) is 10.7. The Bertz CT molecular complexity index is 720. The third-order valence-electron chi connectivity index (χ3n) is 2.69. The lowest BCUT2D eigenvalue weighted by Gasteiger charge is -2.09. The summed E-state index contributed by atoms with van der Waals surface area (Å²) in [5, 5.41) is 8.66. The SMILES string of the molecule is CC(=O)c1cc(Oc2ccc(C#N)cc2F)ccc1N. The molecule has 0 amide bonds. The standard InChI is InChI=1S/C15H11FN2O2/c1-9(19)12-7-11(3-4-14(12)18)20-15-5-2-10(8-17)6-13(15)16/h2-7H,18H2,1H3. The number of Topliss-reactive ketones (excluding diaryl/α,β-unsaturated/α-hetero) is 1. The molecule has 0 bridgehead atoms. The molecule has 20 heavy (non-hydrogen) atoms. The van der Waals surface area contributed by atoms with E-state index in [1.165, 1.54) is 31.2 Å². The molecule has 2 rings (SSSR count). The van der Waals surface area contributed by atoms with Gasteiger partial charge in [0.1, 0.15) is 5.75 Å². The van der Waals surface area contributed by atoms with Gasteiger partial charge in [-0.25, -0.2) is 4.39 Å². The molecule has 0 spiro atoms. The second-order valence-corrected chi connectivity index (χ2v) is 4.16. The van der Waals surface area contributed by atoms with Gasteiger partial charge in [0.15, 0.2) is 17.3 Å². The number of nitriles is 1. The molecular weight excluding hydrogens is 259 g/mol. The van der Waals surface area contributed by atoms with Crippen LogP contribution in [0.25, 0.3) is 0 Å². The van der Waals surface area contributed by atoms with Crippen LogP contribution >= 0.6 is 0 Å². The minimum Gasteiger partial charge on any atom is -0.454 e. The minimum atomic E-state index is -0.648. The van der Waals surface area contributed by atoms with Gasteiger partial charge < -0.3 is 10.5 Å². The monoisotopic (exact) mass is 270 g/mol. The lowest BCUT2D eigenvalue weighted by Crippen LogP contribution is -2.00. The van der Waals surface area contributed by atoms with Gasteiger partial charge in [-0.2, -0.15) is 5.26 Å². The molecule has 2 N–H and O–H groups in total. The molecule has 0 aliphatic heterocycles. The molecule has 4 nitrogen and oxygen atoms in total. The highest BCUT2D eigenvalue weighted by atomic mass is 19.1. The molecule has 0 heterocycles. The van der Waals surface area contributed by atoms with Crippen molar-refractivity contribution >= 4 is 11.5 Å². The van der Waals surface area contributed by atoms with Crippen LogP contribution in [0.5, 0.6) is 11.5 Å². The molecule has 0 unspecified atom stereocenters. The number of carbonyl (C=O) groups is 1. The Labute approximate surface area is 115 Å². The fourth-order valence-corrected chi connectivity index (χ4v) is 1.68. The highest BCUT2D eigenvalue weighted by Gasteiger charge is 2.10. The predicted octanol–water partition coefficient (Wildman–Crippen LogP) is 3.27. The maximum atomic E-state index is 13.7. The number of hydrogen-bond acceptors (Lipinski definition) is 4. The number of benzene rings is 2. The fourth-order valence-electron chi connectivity index (χ4n) is 1.68. The third-order valence-corrected chi connectivity index (χ3v) is 2.69. The Morgan fingerprint density at radius 2 is 2.05 bits per heavy atom. The molecule has 0 aromatic heterocycles. The average Bonchev–Trinajstić information content (AvgIpc) is 2.42. The molecule has 2 aromatic carbocycles. The van der Waals surface area contributed by atoms with Gasteiger partial charge in [0.05, 0.1) is 11.6 Å². The smallest absolute Gasteiger partial charge is 0.167 e. The summed E-state index contributed by atoms with van der Waals surface area (Å²) >= 11 is 0. The normalized spacial score (nSPS) is 9.85. The number of halogens is 1. The van der Waals surface area contributed by atoms with E-state index >= 15 is 0 Å². The summed E-state index contributed by atoms with van der Waals surface area (Å²) in [6, 6.07) is 10.2. The van der Waals surface area contributed by atoms with E-state index in [0.29, 0.717) is 17.0 Å². The number of nitrogens with two attached hydrogens (primary N) is 1. The van der Waals surface area contributed by atoms with Gasteiger partial charge in [-0.3, -0.25) is 4.79 Å². The van der Waals surface area contributed by atoms with Crippen molar-refractivity contribution in [2.24, 2.45) is 0 Å². The molecule has 0 fully saturated rings. The first-order valence-corrected chi connectivity index (χ1v) is 5.79. The quantitative estimate of drug-likeness (QED) is 0.686. The first kappa shape index (κ1) is 13.6. The van der Waals surface area contributed by atoms with Crippen LogP contribution in [0.2, 0.25) is 0 Å². The number of rotatable bonds is 3. The molecule has 100 valence electrons. The van der Waals surface area contributed by atoms with Crippen molar-refractivity contribution in [1.29, 1.82) is 5.26 Å². The van der Waals surface area contributed by atoms with Crippen LogP contribution in [0.4, 0.5) is 10.1 Å². The van der Waals surface area contributed by atoms with Crippen LogP contribution in [-0.2, 0) is 0 Å². The molecule has 0 saturated carbocycles. The summed E-state index contributed by atoms with van der Waals surface area (Å²) in [5.74, 6) is -0.574. The van der Waals surface area contributed by atoms with E-state index in [1.807, 2.05) is 6.07 Å². The number of carbonyl (C=O) groups excluding carboxylic acids is 1. The second-order valence-electron chi connectivity index (χ2n) is 4.16. The van der Waals surface area contributed by atoms with Crippen molar-refractivity contribution in [1.82, 2.24) is 0 Å². The topological polar surface area (TPSA) is 76.1 Å². The van der Waals surface area contributed by atoms with E-state index in [9.17, 15) is 9.18 Å². The van der Waals surface area contributed by atoms with E-state index in [1.54, 1.807) is 6.07 Å². The number of ketones is 1. The first-order valence-electron chi connectivity index (χ1n) is 5.79. The molecule has 0 atom stereocenters. The summed E-state index contributed by atoms with van der Waals surface area (Å²) in [5.41, 5.74) is 6.52. The molecule has 0 saturated heterocycles. The van der Waals surface area contributed by atoms with Gasteiger partial charge in [0, 0.05) is 11.3 Å². The van der Waals surface area contributed by atoms with Crippen molar-refractivity contribution in [3.05, 3.63) is 53.3 Å². The van der Waals surface area contributed by atoms with E-state index in [2.05, 4.69) is 0 Å². The Kier molecular flexibility index (Phi) is 3.67. The van der Waals surface area contributed by atoms with Crippen molar-refractivity contribution in [3.8, 4) is 17.6 Å². The van der Waals surface area contributed by atoms with Gasteiger partial charge in [-0.15, -0.1) is 0 Å². The lowest BCUT2D eigenvalue weighted by atomic mass is 10.1. The Hall–Kier alpha value is -2.87. The van der Waals surface area contributed by atoms with Crippen molar-refractivity contribution < 1.29 is 13.9 Å². The Balaban J connectivity index is 2.33. The average molecular weight is 270 g/mol. The molecular formula is C15H11FN2O2. The van der Waals surface area contributed by atoms with Gasteiger partial charge in [0.2, 0.25) is 0 Å². The van der Waals surface area contributed by atoms with E-state index in [4.69, 9.17) is 15.7 Å². The van der Waals surface area contributed by atoms with Gasteiger partial charge in [-0.1, -0.05) is 0 Å². The van der Waals surface area contributed by atoms with Crippen LogP contribution in [0.1, 0.15) is 22.8 Å². The predicted molar refractivity (Wildman–Crippen MR) is 72.0 cm³/mol. The highest BCUT2D eigenvalue weighted by Crippen LogP contribution is 2.27. The largest absolute Gasteiger partial charge is 0.454 e. The van der Waals surface area contributed by atoms with Crippen LogP contribution in [0, 0.1) is 17.1 Å². The first-order chi connectivity index (χ1) is 9.51. The number of hydrogen-bond donors (Lipinski definition) is 1. The molecule has 5 heteroatoms. The summed E-state index contributed by atoms with van der Waals surface area (Å²) in [6.07, 6.45) is 0. The number of nitrogen functional groups attached to an aromatic ring is 1. The summed E-state index contributed by atoms with van der Waals surface area (Å²) in [4.78, 5) is 11.4. The van der Waals surface area contributed by atoms with Gasteiger partial charge in [-0.05, 0) is 43.3 Å². The second kappa shape index (κ2) is 5.41. The summed E-state index contributed by atoms with van der Waals surface area (Å²) in [7, 11) is 0. The van der Waals surface area contributed by atoms with Crippen LogP contribution in [0.15, 0.2) is 36.4 Å². The molecule has 0 aliphatic rings. The highest BCUT2D eigenvalue weighted by molar-refractivity contribution is 5.99. The Morgan fingerprint density at radius 3 is 2.65 bits per heavy atom. The van der Waals surface area contributed by atoms with Crippen molar-refractivity contribution in [2.75, 3.05) is 5.73 Å². The maximum Gasteiger partial charge on any atom is 0.167 e. The molecule has 0 radical (unpaired) electrons. The van der Waals surface area contributed by atoms with Crippen LogP contribution < -0.4 is 10.5 Å². The summed E-state index contributed by atoms with van der Waals surface area (Å²) in [6.45, 7) is 1.39. The zero-order valence-electron chi connectivity index (χ0n) is 10.7. The van der Waals surface area contributed by atoms with E-state index in [-0.39, 0.29) is 17.1 Å². The zero-order chi connectivity index (χ0) is 14.7. The fraction of sp³-hybridized carbons (Fsp3) is 0.0667. The van der Waals surface area contributed by atoms with E-state index in [0.717, 1.165) is 6.07 Å². The minimum absolute atomic E-state index is 0.0247. The van der Waals surface area contributed by atoms with Gasteiger partial charge in [0.25, 0.3) is 0 Å². The summed E-state index contributed by atoms with van der Waals surface area (Å²) < 4.78 is 19.1. The van der Waals surface area contributed by atoms with Crippen molar-refractivity contribution in [3.63, 3.8) is 0 Å². The van der Waals surface area contributed by atoms with Gasteiger partial charge >= 0.3 is 0 Å². The maximum absolute atomic E-state index is 13.7. The third kappa shape index (κ3) is 2.75. The van der Waals surface area contributed by atoms with Crippen LogP contribution in [0.3, 0.4) is 0 Å². The van der Waals surface area contributed by atoms with E-state index < -0.39 is 5.82 Å². The Morgan fingerprint density at radius 1 is 1.30 bits per heavy atom. The number of ether oxygens (including phenoxy) is 1.